The summed E-state index contributed by atoms with van der Waals surface area (Å²) in [6, 6.07) is 0. The summed E-state index contributed by atoms with van der Waals surface area (Å²) < 4.78 is 88.8. The third-order valence-electron chi connectivity index (χ3n) is 18.1. The Morgan fingerprint density at radius 2 is 0.580 bits per heavy atom. The molecule has 0 bridgehead atoms. The fourth-order valence-electron chi connectivity index (χ4n) is 12.0. The zero-order chi connectivity index (χ0) is 64.7. The monoisotopic (exact) mass is 1290 g/mol. The van der Waals surface area contributed by atoms with Gasteiger partial charge in [0.2, 0.25) is 0 Å². The first-order valence-corrected chi connectivity index (χ1v) is 29.3. The van der Waals surface area contributed by atoms with Crippen molar-refractivity contribution in [3.8, 4) is 0 Å². The van der Waals surface area contributed by atoms with Gasteiger partial charge >= 0.3 is 0 Å². The van der Waals surface area contributed by atoms with Crippen molar-refractivity contribution in [2.75, 3.05) is 46.2 Å². The number of rotatable bonds is 21. The summed E-state index contributed by atoms with van der Waals surface area (Å²) in [7, 11) is 0. The van der Waals surface area contributed by atoms with Crippen LogP contribution in [0, 0.1) is 23.7 Å². The van der Waals surface area contributed by atoms with Gasteiger partial charge in [-0.3, -0.25) is 0 Å². The summed E-state index contributed by atoms with van der Waals surface area (Å²) >= 11 is 0. The Morgan fingerprint density at radius 1 is 0.239 bits per heavy atom. The Labute approximate surface area is 503 Å². The Hall–Kier alpha value is -1.44. The minimum atomic E-state index is -2.25. The van der Waals surface area contributed by atoms with Crippen molar-refractivity contribution in [2.24, 2.45) is 23.7 Å². The molecule has 8 saturated heterocycles. The molecular weight excluding hydrogens is 1200 g/mol. The van der Waals surface area contributed by atoms with Crippen molar-refractivity contribution in [1.29, 1.82) is 0 Å². The van der Waals surface area contributed by atoms with Gasteiger partial charge in [0.15, 0.2) is 50.3 Å². The second kappa shape index (κ2) is 31.0. The summed E-state index contributed by atoms with van der Waals surface area (Å²) in [6.45, 7) is 1.44. The molecule has 21 N–H and O–H groups in total. The van der Waals surface area contributed by atoms with Gasteiger partial charge in [0, 0.05) is 23.7 Å². The van der Waals surface area contributed by atoms with E-state index >= 15 is 0 Å². The van der Waals surface area contributed by atoms with Gasteiger partial charge in [-0.25, -0.2) is 0 Å². The van der Waals surface area contributed by atoms with Crippen molar-refractivity contribution in [2.45, 2.75) is 256 Å². The van der Waals surface area contributed by atoms with E-state index in [1.54, 1.807) is 13.8 Å². The maximum absolute atomic E-state index is 12.3. The van der Waals surface area contributed by atoms with Crippen molar-refractivity contribution in [3.05, 3.63) is 0 Å². The predicted octanol–water partition coefficient (Wildman–Crippen LogP) is -12.3. The van der Waals surface area contributed by atoms with Crippen LogP contribution in [0.2, 0.25) is 0 Å². The SMILES string of the molecule is CC1C(O)[C@H](O[C@@H]2OC(CO)[C@H](O)C(O)[C@@H]2O)[C@H](O)O[C@H]1O[C@@H]1C(O)[C@H](O)C(CO)O[C@@H]1OCC1O[C@@H](O[C@@H]2C(CO)O[C@@H](O[C@@H]3C(CO)O[C@@H](C)[C@@H](C)C3O)[C@@H](C)C2O)C(O)C(OC2O[C@H](CO)[C@@H](O)C(O)C2O[C@@H]2OC(CO)[C@@H](O)C(O)[C@@H]2C)[C@@H]1O. The Bertz CT molecular complexity index is 2110. The smallest absolute Gasteiger partial charge is 0.187 e. The average molecular weight is 1290 g/mol. The summed E-state index contributed by atoms with van der Waals surface area (Å²) in [5.41, 5.74) is 0. The molecule has 18 unspecified atom stereocenters. The van der Waals surface area contributed by atoms with E-state index in [0.717, 1.165) is 0 Å². The largest absolute Gasteiger partial charge is 0.394 e. The fraction of sp³-hybridized carbons (Fsp3) is 1.00. The summed E-state index contributed by atoms with van der Waals surface area (Å²) in [5, 5.41) is 229. The predicted molar refractivity (Wildman–Crippen MR) is 276 cm³/mol. The first kappa shape index (κ1) is 72.4. The Morgan fingerprint density at radius 3 is 1.11 bits per heavy atom. The average Bonchev–Trinajstić information content (AvgIpc) is 2.71. The van der Waals surface area contributed by atoms with Gasteiger partial charge in [-0.2, -0.15) is 0 Å². The molecule has 40 atom stereocenters. The van der Waals surface area contributed by atoms with Crippen LogP contribution in [0.1, 0.15) is 34.6 Å². The molecule has 8 fully saturated rings. The van der Waals surface area contributed by atoms with E-state index in [-0.39, 0.29) is 0 Å². The van der Waals surface area contributed by atoms with Crippen LogP contribution >= 0.6 is 0 Å². The lowest BCUT2D eigenvalue weighted by molar-refractivity contribution is -0.404. The van der Waals surface area contributed by atoms with Gasteiger partial charge in [-0.1, -0.05) is 27.7 Å². The van der Waals surface area contributed by atoms with Crippen LogP contribution in [0.15, 0.2) is 0 Å². The first-order valence-electron chi connectivity index (χ1n) is 29.3. The molecule has 0 aromatic rings. The Balaban J connectivity index is 1.06. The van der Waals surface area contributed by atoms with E-state index in [1.807, 2.05) is 0 Å². The van der Waals surface area contributed by atoms with Crippen LogP contribution in [-0.2, 0) is 71.1 Å². The summed E-state index contributed by atoms with van der Waals surface area (Å²) in [6.07, 6.45) is -62.8. The maximum atomic E-state index is 12.3. The minimum absolute atomic E-state index is 0.497. The van der Waals surface area contributed by atoms with E-state index in [0.29, 0.717) is 0 Å². The first-order chi connectivity index (χ1) is 41.7. The molecular formula is C52H90O36. The molecule has 0 radical (unpaired) electrons. The highest BCUT2D eigenvalue weighted by atomic mass is 16.8. The molecule has 8 aliphatic rings. The van der Waals surface area contributed by atoms with Crippen molar-refractivity contribution < 1.29 is 178 Å². The minimum Gasteiger partial charge on any atom is -0.394 e. The standard InChI is InChI=1S/C52H90O36/c1-13-17(5)75-22(10-57)39(26(13)60)82-47-15(3)27(61)40(23(11-58)80-47)83-50-38(72)41(84-52-44(36(70)32(66)21(9-56)79-52)87-46-14(2)25(59)29(63)18(6-53)76-46)33(67)24(81-50)12-74-51-43(35(69)31(65)20(8-55)78-51)86-48-16(4)28(62)42(45(73)88-48)85-49-37(71)34(68)30(64)19(7-54)77-49/h13-73H,6-12H2,1-5H3/t13-,14+,15+,16?,17+,18?,19?,20?,21-,22?,23?,24?,25?,26?,27?,28?,29-,30+,31-,32-,33-,34?,35?,36?,37+,38?,39-,40-,41?,42+,43-,44?,45-,46+,47+,48-,49+,50+,51+,52?/m1/s1. The van der Waals surface area contributed by atoms with Crippen LogP contribution in [0.25, 0.3) is 0 Å². The van der Waals surface area contributed by atoms with Gasteiger partial charge in [-0.15, -0.1) is 0 Å². The van der Waals surface area contributed by atoms with Crippen molar-refractivity contribution in [1.82, 2.24) is 0 Å². The maximum Gasteiger partial charge on any atom is 0.187 e. The van der Waals surface area contributed by atoms with E-state index in [2.05, 4.69) is 0 Å². The van der Waals surface area contributed by atoms with Crippen LogP contribution < -0.4 is 0 Å². The lowest BCUT2D eigenvalue weighted by atomic mass is 9.88. The second-order valence-corrected chi connectivity index (χ2v) is 23.9. The van der Waals surface area contributed by atoms with Gasteiger partial charge in [-0.05, 0) is 6.92 Å². The highest BCUT2D eigenvalue weighted by molar-refractivity contribution is 5.00. The van der Waals surface area contributed by atoms with Crippen LogP contribution in [-0.4, -0.2) is 375 Å². The molecule has 36 nitrogen and oxygen atoms in total. The van der Waals surface area contributed by atoms with Gasteiger partial charge in [0.25, 0.3) is 0 Å². The highest BCUT2D eigenvalue weighted by Gasteiger charge is 2.58. The zero-order valence-corrected chi connectivity index (χ0v) is 48.6. The summed E-state index contributed by atoms with van der Waals surface area (Å²) in [5.74, 6) is -4.03. The molecule has 0 saturated carbocycles. The molecule has 514 valence electrons. The molecule has 0 aromatic carbocycles. The van der Waals surface area contributed by atoms with Gasteiger partial charge in [0.1, 0.15) is 140 Å². The normalized spacial score (nSPS) is 54.1. The third kappa shape index (κ3) is 14.8. The van der Waals surface area contributed by atoms with E-state index in [4.69, 9.17) is 71.1 Å². The summed E-state index contributed by atoms with van der Waals surface area (Å²) in [4.78, 5) is 0. The third-order valence-corrected chi connectivity index (χ3v) is 18.1. The number of aliphatic hydroxyl groups excluding tert-OH is 21. The fourth-order valence-corrected chi connectivity index (χ4v) is 12.0. The lowest BCUT2D eigenvalue weighted by Crippen LogP contribution is -2.67. The molecule has 8 aliphatic heterocycles. The molecule has 0 amide bonds. The van der Waals surface area contributed by atoms with Crippen LogP contribution in [0.4, 0.5) is 0 Å². The van der Waals surface area contributed by atoms with Crippen molar-refractivity contribution >= 4 is 0 Å². The molecule has 8 rings (SSSR count). The molecule has 8 heterocycles. The lowest BCUT2D eigenvalue weighted by Gasteiger charge is -2.50. The number of hydrogen-bond donors (Lipinski definition) is 21. The molecule has 36 heteroatoms. The number of ether oxygens (including phenoxy) is 15. The molecule has 88 heavy (non-hydrogen) atoms. The van der Waals surface area contributed by atoms with E-state index < -0.39 is 291 Å². The highest BCUT2D eigenvalue weighted by Crippen LogP contribution is 2.40. The molecule has 0 spiro atoms. The van der Waals surface area contributed by atoms with Gasteiger partial charge < -0.3 is 178 Å². The second-order valence-electron chi connectivity index (χ2n) is 23.9. The Kier molecular flexibility index (Phi) is 25.5. The molecule has 0 aliphatic carbocycles. The van der Waals surface area contributed by atoms with Crippen LogP contribution in [0.3, 0.4) is 0 Å². The topological polar surface area (TPSA) is 563 Å². The van der Waals surface area contributed by atoms with Crippen molar-refractivity contribution in [3.63, 3.8) is 0 Å². The number of aliphatic hydroxyl groups is 21. The van der Waals surface area contributed by atoms with E-state index in [1.165, 1.54) is 20.8 Å². The molecule has 0 aromatic heterocycles. The van der Waals surface area contributed by atoms with Gasteiger partial charge in [0.05, 0.1) is 76.8 Å². The van der Waals surface area contributed by atoms with E-state index in [9.17, 15) is 107 Å². The quantitative estimate of drug-likeness (QED) is 0.0507. The number of hydrogen-bond acceptors (Lipinski definition) is 36. The zero-order valence-electron chi connectivity index (χ0n) is 48.6. The van der Waals surface area contributed by atoms with Crippen LogP contribution in [0.5, 0.6) is 0 Å².